The second-order valence-corrected chi connectivity index (χ2v) is 6.00. The number of methoxy groups -OCH3 is 3. The molecule has 1 amide bonds. The van der Waals surface area contributed by atoms with Crippen LogP contribution >= 0.6 is 0 Å². The number of aromatic nitrogens is 3. The van der Waals surface area contributed by atoms with E-state index in [0.29, 0.717) is 40.0 Å². The number of pyridine rings is 1. The van der Waals surface area contributed by atoms with Crippen molar-refractivity contribution in [1.82, 2.24) is 14.6 Å². The van der Waals surface area contributed by atoms with Crippen molar-refractivity contribution in [2.24, 2.45) is 0 Å². The summed E-state index contributed by atoms with van der Waals surface area (Å²) >= 11 is 0. The van der Waals surface area contributed by atoms with Crippen LogP contribution in [0.2, 0.25) is 0 Å². The maximum Gasteiger partial charge on any atom is 0.291 e. The number of furan rings is 1. The van der Waals surface area contributed by atoms with Crippen molar-refractivity contribution in [1.29, 1.82) is 0 Å². The van der Waals surface area contributed by atoms with Crippen molar-refractivity contribution >= 4 is 17.2 Å². The smallest absolute Gasteiger partial charge is 0.291 e. The lowest BCUT2D eigenvalue weighted by Crippen LogP contribution is -2.11. The minimum Gasteiger partial charge on any atom is -0.493 e. The molecule has 0 saturated carbocycles. The lowest BCUT2D eigenvalue weighted by Gasteiger charge is -2.12. The molecule has 0 saturated heterocycles. The molecule has 4 aromatic rings. The van der Waals surface area contributed by atoms with Crippen molar-refractivity contribution in [3.8, 4) is 28.6 Å². The molecule has 0 spiro atoms. The standard InChI is InChI=1S/C20H18N4O5/c1-26-15-9-12(10-16(27-2)18(15)28-3)19-22-17-7-6-13(11-24(17)23-19)21-20(25)14-5-4-8-29-14/h4-11H,1-3H3,(H,21,25). The van der Waals surface area contributed by atoms with E-state index in [4.69, 9.17) is 18.6 Å². The van der Waals surface area contributed by atoms with Gasteiger partial charge in [-0.25, -0.2) is 9.50 Å². The van der Waals surface area contributed by atoms with E-state index in [0.717, 1.165) is 0 Å². The van der Waals surface area contributed by atoms with Crippen molar-refractivity contribution in [3.63, 3.8) is 0 Å². The molecule has 3 aromatic heterocycles. The Labute approximate surface area is 165 Å². The SMILES string of the molecule is COc1cc(-c2nc3ccc(NC(=O)c4ccco4)cn3n2)cc(OC)c1OC. The summed E-state index contributed by atoms with van der Waals surface area (Å²) in [5, 5.41) is 7.26. The molecular weight excluding hydrogens is 376 g/mol. The first-order valence-electron chi connectivity index (χ1n) is 8.64. The first kappa shape index (κ1) is 18.4. The van der Waals surface area contributed by atoms with E-state index >= 15 is 0 Å². The Balaban J connectivity index is 1.68. The molecule has 0 bridgehead atoms. The van der Waals surface area contributed by atoms with Gasteiger partial charge in [0.2, 0.25) is 5.75 Å². The third kappa shape index (κ3) is 3.45. The summed E-state index contributed by atoms with van der Waals surface area (Å²) in [7, 11) is 4.64. The maximum absolute atomic E-state index is 12.1. The molecular formula is C20H18N4O5. The fourth-order valence-corrected chi connectivity index (χ4v) is 2.89. The Bertz CT molecular complexity index is 1140. The van der Waals surface area contributed by atoms with E-state index in [1.54, 1.807) is 68.4 Å². The third-order valence-corrected chi connectivity index (χ3v) is 4.26. The highest BCUT2D eigenvalue weighted by Crippen LogP contribution is 2.40. The predicted molar refractivity (Wildman–Crippen MR) is 105 cm³/mol. The molecule has 3 heterocycles. The molecule has 0 aliphatic rings. The van der Waals surface area contributed by atoms with Crippen molar-refractivity contribution in [3.05, 3.63) is 54.6 Å². The van der Waals surface area contributed by atoms with E-state index in [-0.39, 0.29) is 11.7 Å². The maximum atomic E-state index is 12.1. The number of nitrogens with zero attached hydrogens (tertiary/aromatic N) is 3. The van der Waals surface area contributed by atoms with Gasteiger partial charge in [0.05, 0.1) is 39.5 Å². The Hall–Kier alpha value is -4.01. The van der Waals surface area contributed by atoms with Crippen LogP contribution < -0.4 is 19.5 Å². The number of hydrogen-bond acceptors (Lipinski definition) is 7. The molecule has 0 atom stereocenters. The summed E-state index contributed by atoms with van der Waals surface area (Å²) in [6, 6.07) is 10.3. The van der Waals surface area contributed by atoms with Gasteiger partial charge in [0.15, 0.2) is 28.7 Å². The Morgan fingerprint density at radius 3 is 2.45 bits per heavy atom. The van der Waals surface area contributed by atoms with Crippen LogP contribution in [0.5, 0.6) is 17.2 Å². The van der Waals surface area contributed by atoms with Crippen LogP contribution in [-0.2, 0) is 0 Å². The topological polar surface area (TPSA) is 100 Å². The zero-order valence-corrected chi connectivity index (χ0v) is 16.0. The summed E-state index contributed by atoms with van der Waals surface area (Å²) in [5.41, 5.74) is 1.87. The lowest BCUT2D eigenvalue weighted by molar-refractivity contribution is 0.0996. The Morgan fingerprint density at radius 1 is 1.07 bits per heavy atom. The van der Waals surface area contributed by atoms with Crippen LogP contribution in [0.1, 0.15) is 10.6 Å². The van der Waals surface area contributed by atoms with E-state index in [9.17, 15) is 4.79 Å². The first-order chi connectivity index (χ1) is 14.1. The Kier molecular flexibility index (Phi) is 4.78. The minimum atomic E-state index is -0.348. The number of amides is 1. The summed E-state index contributed by atoms with van der Waals surface area (Å²) < 4.78 is 22.8. The highest BCUT2D eigenvalue weighted by atomic mass is 16.5. The monoisotopic (exact) mass is 394 g/mol. The molecule has 0 fully saturated rings. The van der Waals surface area contributed by atoms with Crippen molar-refractivity contribution in [2.45, 2.75) is 0 Å². The first-order valence-corrected chi connectivity index (χ1v) is 8.64. The van der Waals surface area contributed by atoms with E-state index in [2.05, 4.69) is 15.4 Å². The van der Waals surface area contributed by atoms with Gasteiger partial charge >= 0.3 is 0 Å². The zero-order valence-electron chi connectivity index (χ0n) is 16.0. The predicted octanol–water partition coefficient (Wildman–Crippen LogP) is 3.27. The second kappa shape index (κ2) is 7.55. The molecule has 9 heteroatoms. The van der Waals surface area contributed by atoms with Gasteiger partial charge in [-0.2, -0.15) is 0 Å². The van der Waals surface area contributed by atoms with Gasteiger partial charge < -0.3 is 23.9 Å². The number of carbonyl (C=O) groups excluding carboxylic acids is 1. The van der Waals surface area contributed by atoms with E-state index in [1.165, 1.54) is 6.26 Å². The Morgan fingerprint density at radius 2 is 1.83 bits per heavy atom. The highest BCUT2D eigenvalue weighted by Gasteiger charge is 2.17. The van der Waals surface area contributed by atoms with Crippen LogP contribution in [0.25, 0.3) is 17.0 Å². The van der Waals surface area contributed by atoms with Crippen LogP contribution in [0.3, 0.4) is 0 Å². The molecule has 148 valence electrons. The summed E-state index contributed by atoms with van der Waals surface area (Å²) in [6.07, 6.45) is 3.11. The van der Waals surface area contributed by atoms with E-state index in [1.807, 2.05) is 0 Å². The van der Waals surface area contributed by atoms with Gasteiger partial charge in [-0.15, -0.1) is 5.10 Å². The molecule has 29 heavy (non-hydrogen) atoms. The number of benzene rings is 1. The highest BCUT2D eigenvalue weighted by molar-refractivity contribution is 6.02. The molecule has 4 rings (SSSR count). The van der Waals surface area contributed by atoms with Crippen LogP contribution in [0.4, 0.5) is 5.69 Å². The summed E-state index contributed by atoms with van der Waals surface area (Å²) in [4.78, 5) is 16.7. The fourth-order valence-electron chi connectivity index (χ4n) is 2.89. The minimum absolute atomic E-state index is 0.224. The number of fused-ring (bicyclic) bond motifs is 1. The van der Waals surface area contributed by atoms with Gasteiger partial charge in [-0.1, -0.05) is 0 Å². The number of carbonyl (C=O) groups is 1. The van der Waals surface area contributed by atoms with Gasteiger partial charge in [-0.05, 0) is 36.4 Å². The van der Waals surface area contributed by atoms with Crippen LogP contribution in [-0.4, -0.2) is 41.8 Å². The molecule has 1 N–H and O–H groups in total. The zero-order chi connectivity index (χ0) is 20.4. The lowest BCUT2D eigenvalue weighted by atomic mass is 10.1. The molecule has 0 aliphatic heterocycles. The third-order valence-electron chi connectivity index (χ3n) is 4.26. The second-order valence-electron chi connectivity index (χ2n) is 6.00. The van der Waals surface area contributed by atoms with Crippen molar-refractivity contribution < 1.29 is 23.4 Å². The molecule has 1 aromatic carbocycles. The number of anilines is 1. The fraction of sp³-hybridized carbons (Fsp3) is 0.150. The average molecular weight is 394 g/mol. The summed E-state index contributed by atoms with van der Waals surface area (Å²) in [5.74, 6) is 1.85. The van der Waals surface area contributed by atoms with Gasteiger partial charge in [-0.3, -0.25) is 4.79 Å². The van der Waals surface area contributed by atoms with Gasteiger partial charge in [0.25, 0.3) is 5.91 Å². The molecule has 0 radical (unpaired) electrons. The van der Waals surface area contributed by atoms with Crippen molar-refractivity contribution in [2.75, 3.05) is 26.6 Å². The van der Waals surface area contributed by atoms with Gasteiger partial charge in [0, 0.05) is 5.56 Å². The van der Waals surface area contributed by atoms with Crippen LogP contribution in [0, 0.1) is 0 Å². The largest absolute Gasteiger partial charge is 0.493 e. The van der Waals surface area contributed by atoms with E-state index < -0.39 is 0 Å². The molecule has 9 nitrogen and oxygen atoms in total. The number of nitrogens with one attached hydrogen (secondary N) is 1. The molecule has 0 unspecified atom stereocenters. The quantitative estimate of drug-likeness (QED) is 0.536. The number of rotatable bonds is 6. The van der Waals surface area contributed by atoms with Gasteiger partial charge in [0.1, 0.15) is 0 Å². The summed E-state index contributed by atoms with van der Waals surface area (Å²) in [6.45, 7) is 0. The average Bonchev–Trinajstić information content (AvgIpc) is 3.42. The number of hydrogen-bond donors (Lipinski definition) is 1. The number of ether oxygens (including phenoxy) is 3. The van der Waals surface area contributed by atoms with Crippen LogP contribution in [0.15, 0.2) is 53.3 Å². The normalized spacial score (nSPS) is 10.7. The molecule has 0 aliphatic carbocycles.